The summed E-state index contributed by atoms with van der Waals surface area (Å²) < 4.78 is 21.7. The molecule has 1 rings (SSSR count). The summed E-state index contributed by atoms with van der Waals surface area (Å²) in [4.78, 5) is 23.3. The van der Waals surface area contributed by atoms with Crippen molar-refractivity contribution in [2.75, 3.05) is 26.4 Å². The van der Waals surface area contributed by atoms with Crippen LogP contribution >= 0.6 is 0 Å². The summed E-state index contributed by atoms with van der Waals surface area (Å²) in [6, 6.07) is 5.64. The molecular formula is C29H44O6. The van der Waals surface area contributed by atoms with Crippen LogP contribution in [0.5, 0.6) is 11.5 Å². The molecule has 1 aromatic rings. The van der Waals surface area contributed by atoms with Crippen molar-refractivity contribution >= 4 is 18.0 Å². The third-order valence-electron chi connectivity index (χ3n) is 5.26. The molecular weight excluding hydrogens is 444 g/mol. The summed E-state index contributed by atoms with van der Waals surface area (Å²) in [6.45, 7) is 11.3. The highest BCUT2D eigenvalue weighted by Gasteiger charge is 2.06. The third-order valence-corrected chi connectivity index (χ3v) is 5.26. The van der Waals surface area contributed by atoms with E-state index in [1.807, 2.05) is 25.1 Å². The molecule has 196 valence electrons. The molecule has 0 bridgehead atoms. The van der Waals surface area contributed by atoms with Gasteiger partial charge in [0, 0.05) is 11.6 Å². The molecule has 0 aliphatic carbocycles. The lowest BCUT2D eigenvalue weighted by atomic mass is 10.1. The molecule has 0 aliphatic heterocycles. The first-order valence-corrected chi connectivity index (χ1v) is 13.0. The van der Waals surface area contributed by atoms with Crippen molar-refractivity contribution in [3.63, 3.8) is 0 Å². The summed E-state index contributed by atoms with van der Waals surface area (Å²) in [7, 11) is 0. The van der Waals surface area contributed by atoms with E-state index in [9.17, 15) is 9.59 Å². The Hall–Kier alpha value is -2.76. The lowest BCUT2D eigenvalue weighted by Gasteiger charge is -2.12. The van der Waals surface area contributed by atoms with Gasteiger partial charge in [0.1, 0.15) is 0 Å². The van der Waals surface area contributed by atoms with E-state index in [0.717, 1.165) is 50.5 Å². The van der Waals surface area contributed by atoms with Gasteiger partial charge in [-0.2, -0.15) is 0 Å². The monoisotopic (exact) mass is 488 g/mol. The van der Waals surface area contributed by atoms with E-state index in [-0.39, 0.29) is 11.9 Å². The van der Waals surface area contributed by atoms with Crippen molar-refractivity contribution < 1.29 is 28.5 Å². The molecule has 0 unspecified atom stereocenters. The Morgan fingerprint density at radius 1 is 0.800 bits per heavy atom. The van der Waals surface area contributed by atoms with Gasteiger partial charge in [0.25, 0.3) is 0 Å². The van der Waals surface area contributed by atoms with Gasteiger partial charge in [0.2, 0.25) is 0 Å². The predicted octanol–water partition coefficient (Wildman–Crippen LogP) is 7.06. The standard InChI is InChI=1S/C29H44O6/c1-5-20-33-27-23-25(16-18-26(27)32-6-2)17-19-28(30)34-21-14-12-10-8-7-9-11-13-15-22-35-29(31)24(3)4/h16-19,23H,3,5-15,20-22H2,1-2,4H3. The number of esters is 2. The van der Waals surface area contributed by atoms with Gasteiger partial charge in [-0.25, -0.2) is 9.59 Å². The van der Waals surface area contributed by atoms with Gasteiger partial charge in [-0.3, -0.25) is 0 Å². The Balaban J connectivity index is 2.10. The molecule has 0 spiro atoms. The average Bonchev–Trinajstić information content (AvgIpc) is 2.85. The maximum absolute atomic E-state index is 12.0. The van der Waals surface area contributed by atoms with E-state index in [4.69, 9.17) is 18.9 Å². The third kappa shape index (κ3) is 15.0. The van der Waals surface area contributed by atoms with Crippen molar-refractivity contribution in [3.05, 3.63) is 42.0 Å². The normalized spacial score (nSPS) is 10.8. The molecule has 0 N–H and O–H groups in total. The van der Waals surface area contributed by atoms with Crippen LogP contribution in [0.1, 0.15) is 90.5 Å². The van der Waals surface area contributed by atoms with Crippen molar-refractivity contribution in [1.29, 1.82) is 0 Å². The molecule has 0 amide bonds. The molecule has 6 heteroatoms. The quantitative estimate of drug-likeness (QED) is 0.111. The number of benzene rings is 1. The topological polar surface area (TPSA) is 71.1 Å². The SMILES string of the molecule is C=C(C)C(=O)OCCCCCCCCCCCOC(=O)C=Cc1ccc(OCC)c(OCCC)c1. The molecule has 6 nitrogen and oxygen atoms in total. The largest absolute Gasteiger partial charge is 0.490 e. The fourth-order valence-electron chi connectivity index (χ4n) is 3.34. The summed E-state index contributed by atoms with van der Waals surface area (Å²) in [5, 5.41) is 0. The predicted molar refractivity (Wildman–Crippen MR) is 141 cm³/mol. The summed E-state index contributed by atoms with van der Waals surface area (Å²) >= 11 is 0. The van der Waals surface area contributed by atoms with E-state index >= 15 is 0 Å². The van der Waals surface area contributed by atoms with Gasteiger partial charge >= 0.3 is 11.9 Å². The van der Waals surface area contributed by atoms with Crippen LogP contribution in [0.2, 0.25) is 0 Å². The lowest BCUT2D eigenvalue weighted by Crippen LogP contribution is -2.05. The molecule has 0 fully saturated rings. The summed E-state index contributed by atoms with van der Waals surface area (Å²) in [5.41, 5.74) is 1.32. The van der Waals surface area contributed by atoms with Crippen LogP contribution in [0.4, 0.5) is 0 Å². The van der Waals surface area contributed by atoms with E-state index in [2.05, 4.69) is 13.5 Å². The number of hydrogen-bond acceptors (Lipinski definition) is 6. The van der Waals surface area contributed by atoms with Crippen LogP contribution in [-0.2, 0) is 19.1 Å². The summed E-state index contributed by atoms with van der Waals surface area (Å²) in [6.07, 6.45) is 13.9. The Morgan fingerprint density at radius 2 is 1.40 bits per heavy atom. The fraction of sp³-hybridized carbons (Fsp3) is 0.586. The van der Waals surface area contributed by atoms with Gasteiger partial charge in [0.05, 0.1) is 26.4 Å². The number of ether oxygens (including phenoxy) is 4. The maximum atomic E-state index is 12.0. The minimum atomic E-state index is -0.330. The van der Waals surface area contributed by atoms with Crippen LogP contribution in [0.3, 0.4) is 0 Å². The zero-order valence-electron chi connectivity index (χ0n) is 21.9. The number of hydrogen-bond donors (Lipinski definition) is 0. The van der Waals surface area contributed by atoms with E-state index in [0.29, 0.717) is 43.5 Å². The zero-order chi connectivity index (χ0) is 25.7. The van der Waals surface area contributed by atoms with Crippen LogP contribution in [0, 0.1) is 0 Å². The molecule has 0 saturated carbocycles. The fourth-order valence-corrected chi connectivity index (χ4v) is 3.34. The molecule has 0 aliphatic rings. The maximum Gasteiger partial charge on any atom is 0.333 e. The smallest absolute Gasteiger partial charge is 0.333 e. The van der Waals surface area contributed by atoms with Crippen molar-refractivity contribution in [2.24, 2.45) is 0 Å². The zero-order valence-corrected chi connectivity index (χ0v) is 21.9. The van der Waals surface area contributed by atoms with Gasteiger partial charge in [-0.05, 0) is 56.9 Å². The van der Waals surface area contributed by atoms with Crippen LogP contribution in [-0.4, -0.2) is 38.4 Å². The van der Waals surface area contributed by atoms with Crippen molar-refractivity contribution in [3.8, 4) is 11.5 Å². The molecule has 0 atom stereocenters. The van der Waals surface area contributed by atoms with Gasteiger partial charge in [-0.1, -0.05) is 64.5 Å². The molecule has 0 radical (unpaired) electrons. The Kier molecular flexibility index (Phi) is 16.9. The van der Waals surface area contributed by atoms with E-state index < -0.39 is 0 Å². The average molecular weight is 489 g/mol. The van der Waals surface area contributed by atoms with E-state index in [1.165, 1.54) is 25.3 Å². The van der Waals surface area contributed by atoms with Crippen molar-refractivity contribution in [2.45, 2.75) is 85.0 Å². The highest BCUT2D eigenvalue weighted by atomic mass is 16.5. The molecule has 35 heavy (non-hydrogen) atoms. The summed E-state index contributed by atoms with van der Waals surface area (Å²) in [5.74, 6) is 0.769. The molecule has 0 aromatic heterocycles. The van der Waals surface area contributed by atoms with E-state index in [1.54, 1.807) is 13.0 Å². The highest BCUT2D eigenvalue weighted by Crippen LogP contribution is 2.29. The highest BCUT2D eigenvalue weighted by molar-refractivity contribution is 5.87. The molecule has 1 aromatic carbocycles. The second-order valence-corrected chi connectivity index (χ2v) is 8.59. The van der Waals surface area contributed by atoms with Crippen LogP contribution < -0.4 is 9.47 Å². The molecule has 0 saturated heterocycles. The number of unbranched alkanes of at least 4 members (excludes halogenated alkanes) is 8. The second kappa shape index (κ2) is 19.5. The molecule has 0 heterocycles. The van der Waals surface area contributed by atoms with Gasteiger partial charge < -0.3 is 18.9 Å². The van der Waals surface area contributed by atoms with Gasteiger partial charge in [-0.15, -0.1) is 0 Å². The Bertz CT molecular complexity index is 783. The second-order valence-electron chi connectivity index (χ2n) is 8.59. The van der Waals surface area contributed by atoms with Crippen molar-refractivity contribution in [1.82, 2.24) is 0 Å². The first-order valence-electron chi connectivity index (χ1n) is 13.0. The first kappa shape index (κ1) is 30.3. The Morgan fingerprint density at radius 3 is 1.97 bits per heavy atom. The lowest BCUT2D eigenvalue weighted by molar-refractivity contribution is -0.139. The first-order chi connectivity index (χ1) is 17.0. The number of rotatable bonds is 20. The van der Waals surface area contributed by atoms with Crippen LogP contribution in [0.15, 0.2) is 36.4 Å². The number of carbonyl (C=O) groups excluding carboxylic acids is 2. The Labute approximate surface area is 211 Å². The minimum Gasteiger partial charge on any atom is -0.490 e. The van der Waals surface area contributed by atoms with Crippen LogP contribution in [0.25, 0.3) is 6.08 Å². The minimum absolute atomic E-state index is 0.300. The number of carbonyl (C=O) groups is 2. The van der Waals surface area contributed by atoms with Gasteiger partial charge in [0.15, 0.2) is 11.5 Å².